The summed E-state index contributed by atoms with van der Waals surface area (Å²) in [6, 6.07) is 6.21. The lowest BCUT2D eigenvalue weighted by Crippen LogP contribution is -2.36. The van der Waals surface area contributed by atoms with Gasteiger partial charge in [0.05, 0.1) is 12.6 Å². The van der Waals surface area contributed by atoms with Crippen molar-refractivity contribution in [3.8, 4) is 0 Å². The number of allylic oxidation sites excluding steroid dienone is 1. The van der Waals surface area contributed by atoms with Gasteiger partial charge in [-0.1, -0.05) is 32.0 Å². The second-order valence-electron chi connectivity index (χ2n) is 5.81. The molecule has 0 saturated carbocycles. The van der Waals surface area contributed by atoms with Crippen molar-refractivity contribution in [1.82, 2.24) is 14.9 Å². The number of hydrogen-bond acceptors (Lipinski definition) is 3. The molecular weight excluding hydrogens is 328 g/mol. The topological polar surface area (TPSA) is 79.2 Å². The monoisotopic (exact) mass is 348 g/mol. The zero-order chi connectivity index (χ0) is 17.7. The Balaban J connectivity index is 2.11. The summed E-state index contributed by atoms with van der Waals surface area (Å²) in [4.78, 5) is 16.6. The molecule has 0 bridgehead atoms. The molecule has 2 amide bonds. The Hall–Kier alpha value is -2.47. The van der Waals surface area contributed by atoms with E-state index >= 15 is 0 Å². The minimum absolute atomic E-state index is 0.0300. The number of carbonyl (C=O) groups excluding carboxylic acids is 1. The highest BCUT2D eigenvalue weighted by Crippen LogP contribution is 2.21. The van der Waals surface area contributed by atoms with Gasteiger partial charge in [0.15, 0.2) is 0 Å². The van der Waals surface area contributed by atoms with Crippen LogP contribution < -0.4 is 10.6 Å². The van der Waals surface area contributed by atoms with Crippen molar-refractivity contribution in [2.24, 2.45) is 5.92 Å². The van der Waals surface area contributed by atoms with Gasteiger partial charge in [-0.15, -0.1) is 0 Å². The van der Waals surface area contributed by atoms with E-state index in [-0.39, 0.29) is 30.3 Å². The van der Waals surface area contributed by atoms with Crippen LogP contribution in [-0.4, -0.2) is 20.7 Å². The summed E-state index contributed by atoms with van der Waals surface area (Å²) >= 11 is 5.83. The number of nitrogens with zero attached hydrogens (tertiary/aromatic N) is 2. The quantitative estimate of drug-likeness (QED) is 0.687. The molecule has 0 aliphatic rings. The number of benzene rings is 1. The Labute approximate surface area is 146 Å². The van der Waals surface area contributed by atoms with Crippen LogP contribution in [-0.2, 0) is 6.54 Å². The van der Waals surface area contributed by atoms with E-state index in [2.05, 4.69) is 22.2 Å². The Morgan fingerprint density at radius 2 is 2.04 bits per heavy atom. The molecule has 24 heavy (non-hydrogen) atoms. The maximum absolute atomic E-state index is 12.3. The van der Waals surface area contributed by atoms with E-state index < -0.39 is 0 Å². The van der Waals surface area contributed by atoms with Crippen LogP contribution in [0.5, 0.6) is 0 Å². The van der Waals surface area contributed by atoms with Crippen LogP contribution in [0.2, 0.25) is 5.02 Å². The lowest BCUT2D eigenvalue weighted by molar-refractivity contribution is 0.243. The van der Waals surface area contributed by atoms with E-state index in [0.29, 0.717) is 16.5 Å². The molecule has 128 valence electrons. The summed E-state index contributed by atoms with van der Waals surface area (Å²) < 4.78 is 1.76. The summed E-state index contributed by atoms with van der Waals surface area (Å²) in [6.07, 6.45) is 3.37. The second kappa shape index (κ2) is 7.88. The summed E-state index contributed by atoms with van der Waals surface area (Å²) in [5.41, 5.74) is 0.645. The molecule has 0 aliphatic heterocycles. The van der Waals surface area contributed by atoms with E-state index in [0.717, 1.165) is 0 Å². The predicted molar refractivity (Wildman–Crippen MR) is 95.2 cm³/mol. The van der Waals surface area contributed by atoms with Gasteiger partial charge in [0.2, 0.25) is 0 Å². The average molecular weight is 349 g/mol. The van der Waals surface area contributed by atoms with E-state index in [9.17, 15) is 9.90 Å². The number of aromatic nitrogens is 2. The summed E-state index contributed by atoms with van der Waals surface area (Å²) in [5, 5.41) is 15.7. The number of aliphatic hydroxyl groups excluding tert-OH is 1. The fraction of sp³-hybridized carbons (Fsp3) is 0.294. The predicted octanol–water partition coefficient (Wildman–Crippen LogP) is 4.13. The lowest BCUT2D eigenvalue weighted by atomic mass is 10.0. The smallest absolute Gasteiger partial charge is 0.319 e. The third kappa shape index (κ3) is 4.76. The number of amides is 2. The summed E-state index contributed by atoms with van der Waals surface area (Å²) in [7, 11) is 0. The van der Waals surface area contributed by atoms with Gasteiger partial charge in [0, 0.05) is 23.1 Å². The average Bonchev–Trinajstić information content (AvgIpc) is 2.94. The first kappa shape index (κ1) is 17.9. The Kier molecular flexibility index (Phi) is 5.87. The van der Waals surface area contributed by atoms with Crippen LogP contribution in [0, 0.1) is 5.92 Å². The molecule has 6 nitrogen and oxygen atoms in total. The third-order valence-corrected chi connectivity index (χ3v) is 3.69. The fourth-order valence-corrected chi connectivity index (χ4v) is 2.43. The molecule has 1 heterocycles. The lowest BCUT2D eigenvalue weighted by Gasteiger charge is -2.23. The molecular formula is C17H21ClN4O2. The molecule has 0 saturated heterocycles. The molecule has 7 heteroatoms. The van der Waals surface area contributed by atoms with Gasteiger partial charge >= 0.3 is 6.03 Å². The fourth-order valence-electron chi connectivity index (χ4n) is 2.30. The molecule has 0 aliphatic carbocycles. The number of rotatable bonds is 6. The number of halogens is 1. The molecule has 2 rings (SSSR count). The van der Waals surface area contributed by atoms with Gasteiger partial charge in [0.25, 0.3) is 0 Å². The molecule has 0 unspecified atom stereocenters. The van der Waals surface area contributed by atoms with Crippen LogP contribution in [0.15, 0.2) is 49.0 Å². The molecule has 1 atom stereocenters. The summed E-state index contributed by atoms with van der Waals surface area (Å²) in [5.74, 6) is 0.794. The Bertz CT molecular complexity index is 710. The molecule has 2 aromatic rings. The highest BCUT2D eigenvalue weighted by molar-refractivity contribution is 6.30. The van der Waals surface area contributed by atoms with Crippen molar-refractivity contribution in [2.75, 3.05) is 5.32 Å². The van der Waals surface area contributed by atoms with Crippen LogP contribution in [0.25, 0.3) is 0 Å². The van der Waals surface area contributed by atoms with E-state index in [1.165, 1.54) is 0 Å². The van der Waals surface area contributed by atoms with Gasteiger partial charge in [-0.05, 0) is 30.2 Å². The maximum atomic E-state index is 12.3. The van der Waals surface area contributed by atoms with E-state index in [1.807, 2.05) is 13.8 Å². The number of anilines is 1. The molecule has 1 aromatic heterocycles. The van der Waals surface area contributed by atoms with Crippen molar-refractivity contribution in [3.05, 3.63) is 59.8 Å². The SMILES string of the molecule is C=C(O)Cn1ccnc1[C@@H](NC(=O)Nc1ccc(Cl)cc1)C(C)C. The molecule has 0 radical (unpaired) electrons. The first-order chi connectivity index (χ1) is 11.4. The number of nitrogens with one attached hydrogen (secondary N) is 2. The van der Waals surface area contributed by atoms with E-state index in [1.54, 1.807) is 41.2 Å². The van der Waals surface area contributed by atoms with Crippen molar-refractivity contribution in [1.29, 1.82) is 0 Å². The normalized spacial score (nSPS) is 12.0. The standard InChI is InChI=1S/C17H21ClN4O2/c1-11(2)15(16-19-8-9-22(16)10-12(3)23)21-17(24)20-14-6-4-13(18)5-7-14/h4-9,11,15,23H,3,10H2,1-2H3,(H2,20,21,24)/t15-/m0/s1. The van der Waals surface area contributed by atoms with Crippen molar-refractivity contribution in [2.45, 2.75) is 26.4 Å². The highest BCUT2D eigenvalue weighted by Gasteiger charge is 2.23. The minimum Gasteiger partial charge on any atom is -0.511 e. The number of carbonyl (C=O) groups is 1. The van der Waals surface area contributed by atoms with Crippen molar-refractivity contribution < 1.29 is 9.90 Å². The van der Waals surface area contributed by atoms with Crippen LogP contribution in [0.4, 0.5) is 10.5 Å². The largest absolute Gasteiger partial charge is 0.511 e. The number of hydrogen-bond donors (Lipinski definition) is 3. The maximum Gasteiger partial charge on any atom is 0.319 e. The van der Waals surface area contributed by atoms with Gasteiger partial charge in [-0.3, -0.25) is 0 Å². The second-order valence-corrected chi connectivity index (χ2v) is 6.24. The number of aliphatic hydroxyl groups is 1. The van der Waals surface area contributed by atoms with Crippen molar-refractivity contribution in [3.63, 3.8) is 0 Å². The van der Waals surface area contributed by atoms with Gasteiger partial charge < -0.3 is 20.3 Å². The molecule has 1 aromatic carbocycles. The molecule has 0 spiro atoms. The first-order valence-electron chi connectivity index (χ1n) is 7.57. The number of imidazole rings is 1. The molecule has 3 N–H and O–H groups in total. The molecule has 0 fully saturated rings. The minimum atomic E-state index is -0.339. The Morgan fingerprint density at radius 3 is 2.62 bits per heavy atom. The first-order valence-corrected chi connectivity index (χ1v) is 7.95. The highest BCUT2D eigenvalue weighted by atomic mass is 35.5. The van der Waals surface area contributed by atoms with Crippen LogP contribution in [0.1, 0.15) is 25.7 Å². The number of urea groups is 1. The van der Waals surface area contributed by atoms with Crippen LogP contribution in [0.3, 0.4) is 0 Å². The van der Waals surface area contributed by atoms with Gasteiger partial charge in [-0.25, -0.2) is 9.78 Å². The zero-order valence-electron chi connectivity index (χ0n) is 13.7. The zero-order valence-corrected chi connectivity index (χ0v) is 14.4. The van der Waals surface area contributed by atoms with Gasteiger partial charge in [-0.2, -0.15) is 0 Å². The Morgan fingerprint density at radius 1 is 1.38 bits per heavy atom. The third-order valence-electron chi connectivity index (χ3n) is 3.43. The van der Waals surface area contributed by atoms with Crippen LogP contribution >= 0.6 is 11.6 Å². The van der Waals surface area contributed by atoms with Gasteiger partial charge in [0.1, 0.15) is 11.6 Å². The van der Waals surface area contributed by atoms with Crippen molar-refractivity contribution >= 4 is 23.3 Å². The summed E-state index contributed by atoms with van der Waals surface area (Å²) in [6.45, 7) is 7.70. The van der Waals surface area contributed by atoms with E-state index in [4.69, 9.17) is 11.6 Å².